The van der Waals surface area contributed by atoms with E-state index in [1.165, 1.54) is 17.1 Å². The fourth-order valence-electron chi connectivity index (χ4n) is 3.65. The number of hydrogen-bond acceptors (Lipinski definition) is 7. The molecule has 0 aliphatic carbocycles. The van der Waals surface area contributed by atoms with Gasteiger partial charge >= 0.3 is 12.1 Å². The quantitative estimate of drug-likeness (QED) is 0.497. The summed E-state index contributed by atoms with van der Waals surface area (Å²) < 4.78 is 15.6. The van der Waals surface area contributed by atoms with Crippen LogP contribution < -0.4 is 5.32 Å². The fourth-order valence-corrected chi connectivity index (χ4v) is 3.65. The maximum atomic E-state index is 13.0. The van der Waals surface area contributed by atoms with E-state index in [9.17, 15) is 14.4 Å². The molecule has 4 rings (SSSR count). The molecule has 0 saturated heterocycles. The zero-order valence-corrected chi connectivity index (χ0v) is 19.4. The molecule has 1 aromatic heterocycles. The molecule has 2 amide bonds. The smallest absolute Gasteiger partial charge is 0.411 e. The molecule has 0 spiro atoms. The number of hydrazone groups is 1. The number of esters is 1. The third kappa shape index (κ3) is 5.75. The maximum absolute atomic E-state index is 13.0. The van der Waals surface area contributed by atoms with Gasteiger partial charge in [0.25, 0.3) is 5.91 Å². The number of nitrogens with zero attached hydrogens (tertiary/aromatic N) is 2. The van der Waals surface area contributed by atoms with Crippen LogP contribution in [0.3, 0.4) is 0 Å². The highest BCUT2D eigenvalue weighted by Crippen LogP contribution is 2.33. The van der Waals surface area contributed by atoms with Gasteiger partial charge in [-0.25, -0.2) is 14.6 Å². The predicted octanol–water partition coefficient (Wildman–Crippen LogP) is 4.69. The molecule has 3 aromatic rings. The van der Waals surface area contributed by atoms with Crippen LogP contribution in [0.2, 0.25) is 0 Å². The van der Waals surface area contributed by atoms with E-state index in [-0.39, 0.29) is 12.2 Å². The topological polar surface area (TPSA) is 110 Å². The summed E-state index contributed by atoms with van der Waals surface area (Å²) in [5, 5.41) is 8.35. The molecule has 0 radical (unpaired) electrons. The number of aryl methyl sites for hydroxylation is 1. The Kier molecular flexibility index (Phi) is 7.25. The number of nitrogens with one attached hydrogen (secondary N) is 1. The first-order chi connectivity index (χ1) is 16.9. The van der Waals surface area contributed by atoms with E-state index in [1.807, 2.05) is 31.2 Å². The zero-order chi connectivity index (χ0) is 24.8. The van der Waals surface area contributed by atoms with Crippen molar-refractivity contribution in [2.45, 2.75) is 26.3 Å². The number of carbonyl (C=O) groups excluding carboxylic acids is 3. The van der Waals surface area contributed by atoms with Crippen LogP contribution in [-0.2, 0) is 14.3 Å². The lowest BCUT2D eigenvalue weighted by Crippen LogP contribution is -2.31. The first kappa shape index (κ1) is 23.7. The molecule has 180 valence electrons. The van der Waals surface area contributed by atoms with Crippen LogP contribution in [0.1, 0.15) is 46.6 Å². The van der Waals surface area contributed by atoms with E-state index in [2.05, 4.69) is 10.4 Å². The standard InChI is InChI=1S/C26H25N3O6/c1-3-33-26(32)27-20-7-4-6-19(14-20)25(31)35-16-24(30)29-22(23-8-5-13-34-23)15-21(28-29)18-11-9-17(2)10-12-18/h4-14,22H,3,15-16H2,1-2H3,(H,27,32). The molecule has 35 heavy (non-hydrogen) atoms. The minimum Gasteiger partial charge on any atom is -0.467 e. The number of ether oxygens (including phenoxy) is 2. The summed E-state index contributed by atoms with van der Waals surface area (Å²) >= 11 is 0. The predicted molar refractivity (Wildman–Crippen MR) is 128 cm³/mol. The average molecular weight is 476 g/mol. The second-order valence-corrected chi connectivity index (χ2v) is 7.89. The summed E-state index contributed by atoms with van der Waals surface area (Å²) in [6.45, 7) is 3.41. The normalized spacial score (nSPS) is 14.9. The van der Waals surface area contributed by atoms with E-state index < -0.39 is 30.6 Å². The second kappa shape index (κ2) is 10.7. The Balaban J connectivity index is 1.45. The summed E-state index contributed by atoms with van der Waals surface area (Å²) in [6, 6.07) is 17.1. The van der Waals surface area contributed by atoms with Crippen molar-refractivity contribution in [1.82, 2.24) is 5.01 Å². The van der Waals surface area contributed by atoms with E-state index >= 15 is 0 Å². The summed E-state index contributed by atoms with van der Waals surface area (Å²) in [5.41, 5.74) is 3.32. The SMILES string of the molecule is CCOC(=O)Nc1cccc(C(=O)OCC(=O)N2N=C(c3ccc(C)cc3)CC2c2ccco2)c1. The number of benzene rings is 2. The van der Waals surface area contributed by atoms with Crippen molar-refractivity contribution in [2.24, 2.45) is 5.10 Å². The second-order valence-electron chi connectivity index (χ2n) is 7.89. The highest BCUT2D eigenvalue weighted by molar-refractivity contribution is 6.03. The molecule has 0 saturated carbocycles. The van der Waals surface area contributed by atoms with Crippen molar-refractivity contribution in [3.8, 4) is 0 Å². The van der Waals surface area contributed by atoms with Crippen molar-refractivity contribution in [3.63, 3.8) is 0 Å². The summed E-state index contributed by atoms with van der Waals surface area (Å²) in [4.78, 5) is 37.2. The summed E-state index contributed by atoms with van der Waals surface area (Å²) in [6.07, 6.45) is 1.38. The van der Waals surface area contributed by atoms with Gasteiger partial charge < -0.3 is 13.9 Å². The molecule has 9 nitrogen and oxygen atoms in total. The first-order valence-corrected chi connectivity index (χ1v) is 11.2. The lowest BCUT2D eigenvalue weighted by molar-refractivity contribution is -0.136. The molecule has 1 aliphatic heterocycles. The van der Waals surface area contributed by atoms with Gasteiger partial charge in [0.2, 0.25) is 0 Å². The van der Waals surface area contributed by atoms with Gasteiger partial charge in [-0.1, -0.05) is 35.9 Å². The van der Waals surface area contributed by atoms with Gasteiger partial charge in [0.15, 0.2) is 6.61 Å². The molecule has 1 unspecified atom stereocenters. The average Bonchev–Trinajstić information content (AvgIpc) is 3.53. The third-order valence-corrected chi connectivity index (χ3v) is 5.37. The van der Waals surface area contributed by atoms with Crippen LogP contribution in [0.4, 0.5) is 10.5 Å². The van der Waals surface area contributed by atoms with Gasteiger partial charge in [0.05, 0.1) is 24.1 Å². The van der Waals surface area contributed by atoms with Crippen molar-refractivity contribution < 1.29 is 28.3 Å². The van der Waals surface area contributed by atoms with Crippen molar-refractivity contribution in [1.29, 1.82) is 0 Å². The molecule has 0 fully saturated rings. The number of amides is 2. The monoisotopic (exact) mass is 475 g/mol. The minimum atomic E-state index is -0.706. The van der Waals surface area contributed by atoms with Gasteiger partial charge in [-0.3, -0.25) is 10.1 Å². The lowest BCUT2D eigenvalue weighted by atomic mass is 10.0. The Morgan fingerprint density at radius 3 is 2.60 bits per heavy atom. The number of carbonyl (C=O) groups is 3. The number of rotatable bonds is 7. The number of anilines is 1. The molecule has 1 N–H and O–H groups in total. The molecular weight excluding hydrogens is 450 g/mol. The van der Waals surface area contributed by atoms with Gasteiger partial charge in [0.1, 0.15) is 11.8 Å². The van der Waals surface area contributed by atoms with Gasteiger partial charge in [-0.2, -0.15) is 5.10 Å². The lowest BCUT2D eigenvalue weighted by Gasteiger charge is -2.19. The third-order valence-electron chi connectivity index (χ3n) is 5.37. The first-order valence-electron chi connectivity index (χ1n) is 11.2. The van der Waals surface area contributed by atoms with Crippen LogP contribution >= 0.6 is 0 Å². The van der Waals surface area contributed by atoms with Gasteiger partial charge in [-0.15, -0.1) is 0 Å². The molecule has 2 aromatic carbocycles. The van der Waals surface area contributed by atoms with Crippen molar-refractivity contribution in [3.05, 3.63) is 89.4 Å². The van der Waals surface area contributed by atoms with Crippen molar-refractivity contribution >= 4 is 29.4 Å². The van der Waals surface area contributed by atoms with Gasteiger partial charge in [-0.05, 0) is 49.7 Å². The van der Waals surface area contributed by atoms with Crippen LogP contribution in [0.25, 0.3) is 0 Å². The van der Waals surface area contributed by atoms with Gasteiger partial charge in [0, 0.05) is 12.1 Å². The van der Waals surface area contributed by atoms with Crippen LogP contribution in [0.15, 0.2) is 76.4 Å². The van der Waals surface area contributed by atoms with Crippen LogP contribution in [-0.4, -0.2) is 41.9 Å². The number of hydrogen-bond donors (Lipinski definition) is 1. The van der Waals surface area contributed by atoms with E-state index in [0.717, 1.165) is 16.8 Å². The van der Waals surface area contributed by atoms with E-state index in [1.54, 1.807) is 37.5 Å². The molecule has 1 aliphatic rings. The van der Waals surface area contributed by atoms with Crippen LogP contribution in [0, 0.1) is 6.92 Å². The Morgan fingerprint density at radius 2 is 1.89 bits per heavy atom. The number of furan rings is 1. The summed E-state index contributed by atoms with van der Waals surface area (Å²) in [7, 11) is 0. The highest BCUT2D eigenvalue weighted by atomic mass is 16.5. The Hall–Kier alpha value is -4.40. The molecular formula is C26H25N3O6. The Bertz CT molecular complexity index is 1230. The maximum Gasteiger partial charge on any atom is 0.411 e. The molecule has 2 heterocycles. The zero-order valence-electron chi connectivity index (χ0n) is 19.4. The summed E-state index contributed by atoms with van der Waals surface area (Å²) in [5.74, 6) is -0.599. The Labute approximate surface area is 202 Å². The molecule has 9 heteroatoms. The van der Waals surface area contributed by atoms with Crippen LogP contribution in [0.5, 0.6) is 0 Å². The highest BCUT2D eigenvalue weighted by Gasteiger charge is 2.35. The largest absolute Gasteiger partial charge is 0.467 e. The Morgan fingerprint density at radius 1 is 1.09 bits per heavy atom. The van der Waals surface area contributed by atoms with E-state index in [4.69, 9.17) is 13.9 Å². The minimum absolute atomic E-state index is 0.181. The molecule has 0 bridgehead atoms. The van der Waals surface area contributed by atoms with Crippen molar-refractivity contribution in [2.75, 3.05) is 18.5 Å². The van der Waals surface area contributed by atoms with E-state index in [0.29, 0.717) is 17.9 Å². The fraction of sp³-hybridized carbons (Fsp3) is 0.231. The molecule has 1 atom stereocenters.